The topological polar surface area (TPSA) is 50.4 Å². The fourth-order valence-electron chi connectivity index (χ4n) is 2.16. The first kappa shape index (κ1) is 17.7. The van der Waals surface area contributed by atoms with E-state index in [0.29, 0.717) is 5.75 Å². The second kappa shape index (κ2) is 8.26. The molecule has 0 aliphatic rings. The van der Waals surface area contributed by atoms with Gasteiger partial charge in [0.05, 0.1) is 7.11 Å². The molecule has 1 amide bonds. The Hall–Kier alpha value is -2.66. The highest BCUT2D eigenvalue weighted by Crippen LogP contribution is 2.19. The van der Waals surface area contributed by atoms with Crippen molar-refractivity contribution in [2.45, 2.75) is 13.8 Å². The summed E-state index contributed by atoms with van der Waals surface area (Å²) >= 11 is 5.19. The Labute approximate surface area is 147 Å². The van der Waals surface area contributed by atoms with Crippen molar-refractivity contribution in [2.24, 2.45) is 0 Å². The quantitative estimate of drug-likeness (QED) is 0.656. The molecule has 24 heavy (non-hydrogen) atoms. The molecule has 2 rings (SSSR count). The summed E-state index contributed by atoms with van der Waals surface area (Å²) in [5.41, 5.74) is 3.96. The zero-order valence-electron chi connectivity index (χ0n) is 13.9. The van der Waals surface area contributed by atoms with E-state index in [-0.39, 0.29) is 11.0 Å². The molecule has 2 N–H and O–H groups in total. The lowest BCUT2D eigenvalue weighted by Crippen LogP contribution is -2.33. The predicted octanol–water partition coefficient (Wildman–Crippen LogP) is 3.84. The Bertz CT molecular complexity index is 785. The molecule has 0 spiro atoms. The summed E-state index contributed by atoms with van der Waals surface area (Å²) in [7, 11) is 1.59. The molecule has 0 unspecified atom stereocenters. The van der Waals surface area contributed by atoms with Gasteiger partial charge < -0.3 is 10.1 Å². The van der Waals surface area contributed by atoms with Gasteiger partial charge in [0.15, 0.2) is 5.11 Å². The Morgan fingerprint density at radius 1 is 1.12 bits per heavy atom. The lowest BCUT2D eigenvalue weighted by atomic mass is 10.1. The number of anilines is 1. The van der Waals surface area contributed by atoms with Crippen LogP contribution in [0.1, 0.15) is 16.7 Å². The number of amides is 1. The number of hydrogen-bond acceptors (Lipinski definition) is 3. The number of nitrogens with one attached hydrogen (secondary N) is 2. The monoisotopic (exact) mass is 340 g/mol. The van der Waals surface area contributed by atoms with Crippen molar-refractivity contribution >= 4 is 35.0 Å². The first-order valence-corrected chi connectivity index (χ1v) is 7.91. The molecular weight excluding hydrogens is 320 g/mol. The van der Waals surface area contributed by atoms with Gasteiger partial charge in [-0.2, -0.15) is 0 Å². The first-order valence-electron chi connectivity index (χ1n) is 7.50. The number of ether oxygens (including phenoxy) is 1. The maximum Gasteiger partial charge on any atom is 0.250 e. The molecule has 0 aliphatic heterocycles. The van der Waals surface area contributed by atoms with Gasteiger partial charge >= 0.3 is 0 Å². The fourth-order valence-corrected chi connectivity index (χ4v) is 2.37. The molecular formula is C19H20N2O2S. The van der Waals surface area contributed by atoms with E-state index in [2.05, 4.69) is 10.6 Å². The van der Waals surface area contributed by atoms with E-state index in [4.69, 9.17) is 17.0 Å². The van der Waals surface area contributed by atoms with Crippen molar-refractivity contribution in [1.82, 2.24) is 5.32 Å². The van der Waals surface area contributed by atoms with Gasteiger partial charge in [-0.15, -0.1) is 0 Å². The van der Waals surface area contributed by atoms with Crippen molar-refractivity contribution in [2.75, 3.05) is 12.4 Å². The molecule has 0 aliphatic carbocycles. The van der Waals surface area contributed by atoms with Gasteiger partial charge in [-0.3, -0.25) is 10.1 Å². The number of methoxy groups -OCH3 is 1. The summed E-state index contributed by atoms with van der Waals surface area (Å²) in [6, 6.07) is 13.4. The zero-order valence-corrected chi connectivity index (χ0v) is 14.7. The molecule has 2 aromatic carbocycles. The van der Waals surface area contributed by atoms with Crippen LogP contribution in [0.5, 0.6) is 5.75 Å². The average Bonchev–Trinajstić information content (AvgIpc) is 2.57. The lowest BCUT2D eigenvalue weighted by molar-refractivity contribution is -0.115. The number of rotatable bonds is 4. The van der Waals surface area contributed by atoms with Crippen LogP contribution >= 0.6 is 12.2 Å². The van der Waals surface area contributed by atoms with Crippen molar-refractivity contribution in [3.05, 3.63) is 65.2 Å². The van der Waals surface area contributed by atoms with Crippen molar-refractivity contribution < 1.29 is 9.53 Å². The molecule has 5 heteroatoms. The van der Waals surface area contributed by atoms with E-state index in [9.17, 15) is 4.79 Å². The van der Waals surface area contributed by atoms with Crippen molar-refractivity contribution in [1.29, 1.82) is 0 Å². The van der Waals surface area contributed by atoms with Gasteiger partial charge in [0.1, 0.15) is 5.75 Å². The minimum Gasteiger partial charge on any atom is -0.496 e. The van der Waals surface area contributed by atoms with Crippen LogP contribution in [0.15, 0.2) is 48.5 Å². The number of para-hydroxylation sites is 1. The van der Waals surface area contributed by atoms with Crippen LogP contribution in [-0.2, 0) is 4.79 Å². The summed E-state index contributed by atoms with van der Waals surface area (Å²) in [5, 5.41) is 5.94. The van der Waals surface area contributed by atoms with E-state index in [1.54, 1.807) is 13.2 Å². The highest BCUT2D eigenvalue weighted by Gasteiger charge is 2.05. The van der Waals surface area contributed by atoms with Gasteiger partial charge in [-0.05, 0) is 55.4 Å². The molecule has 0 fully saturated rings. The summed E-state index contributed by atoms with van der Waals surface area (Å²) in [6.07, 6.45) is 3.11. The molecule has 0 heterocycles. The largest absolute Gasteiger partial charge is 0.496 e. The summed E-state index contributed by atoms with van der Waals surface area (Å²) in [6.45, 7) is 4.03. The second-order valence-electron chi connectivity index (χ2n) is 5.27. The van der Waals surface area contributed by atoms with Gasteiger partial charge in [0.2, 0.25) is 5.91 Å². The number of benzene rings is 2. The lowest BCUT2D eigenvalue weighted by Gasteiger charge is -2.12. The van der Waals surface area contributed by atoms with E-state index in [0.717, 1.165) is 22.4 Å². The van der Waals surface area contributed by atoms with Crippen LogP contribution in [0.2, 0.25) is 0 Å². The molecule has 0 saturated carbocycles. The third kappa shape index (κ3) is 4.67. The molecule has 0 atom stereocenters. The molecule has 124 valence electrons. The molecule has 0 aromatic heterocycles. The zero-order chi connectivity index (χ0) is 17.5. The third-order valence-corrected chi connectivity index (χ3v) is 3.85. The smallest absolute Gasteiger partial charge is 0.250 e. The fraction of sp³-hybridized carbons (Fsp3) is 0.158. The Morgan fingerprint density at radius 3 is 2.62 bits per heavy atom. The molecule has 0 radical (unpaired) electrons. The van der Waals surface area contributed by atoms with Gasteiger partial charge in [0.25, 0.3) is 0 Å². The second-order valence-corrected chi connectivity index (χ2v) is 5.67. The summed E-state index contributed by atoms with van der Waals surface area (Å²) in [5.74, 6) is 0.404. The van der Waals surface area contributed by atoms with Gasteiger partial charge in [0, 0.05) is 17.3 Å². The summed E-state index contributed by atoms with van der Waals surface area (Å²) in [4.78, 5) is 12.0. The van der Waals surface area contributed by atoms with Crippen LogP contribution in [-0.4, -0.2) is 18.1 Å². The highest BCUT2D eigenvalue weighted by molar-refractivity contribution is 7.80. The van der Waals surface area contributed by atoms with Crippen molar-refractivity contribution in [3.8, 4) is 5.75 Å². The molecule has 2 aromatic rings. The molecule has 0 bridgehead atoms. The molecule has 0 saturated heterocycles. The standard InChI is InChI=1S/C19H20N2O2S/c1-13-7-6-9-16(14(13)2)20-19(24)21-18(22)12-11-15-8-4-5-10-17(15)23-3/h4-12H,1-3H3,(H2,20,21,22,24). The van der Waals surface area contributed by atoms with E-state index in [1.807, 2.05) is 56.3 Å². The maximum absolute atomic E-state index is 12.0. The molecule has 4 nitrogen and oxygen atoms in total. The first-order chi connectivity index (χ1) is 11.5. The normalized spacial score (nSPS) is 10.5. The number of thiocarbonyl (C=S) groups is 1. The Balaban J connectivity index is 1.98. The minimum atomic E-state index is -0.302. The third-order valence-electron chi connectivity index (χ3n) is 3.64. The average molecular weight is 340 g/mol. The maximum atomic E-state index is 12.0. The Kier molecular flexibility index (Phi) is 6.09. The number of carbonyl (C=O) groups excluding carboxylic acids is 1. The van der Waals surface area contributed by atoms with E-state index >= 15 is 0 Å². The Morgan fingerprint density at radius 2 is 1.88 bits per heavy atom. The van der Waals surface area contributed by atoms with Crippen molar-refractivity contribution in [3.63, 3.8) is 0 Å². The van der Waals surface area contributed by atoms with Crippen LogP contribution < -0.4 is 15.4 Å². The highest BCUT2D eigenvalue weighted by atomic mass is 32.1. The number of aryl methyl sites for hydroxylation is 1. The van der Waals surface area contributed by atoms with E-state index in [1.165, 1.54) is 6.08 Å². The van der Waals surface area contributed by atoms with Crippen LogP contribution in [0.3, 0.4) is 0 Å². The number of carbonyl (C=O) groups is 1. The van der Waals surface area contributed by atoms with Crippen LogP contribution in [0.4, 0.5) is 5.69 Å². The van der Waals surface area contributed by atoms with Crippen LogP contribution in [0, 0.1) is 13.8 Å². The summed E-state index contributed by atoms with van der Waals surface area (Å²) < 4.78 is 5.24. The minimum absolute atomic E-state index is 0.262. The number of hydrogen-bond donors (Lipinski definition) is 2. The SMILES string of the molecule is COc1ccccc1C=CC(=O)NC(=S)Nc1cccc(C)c1C. The van der Waals surface area contributed by atoms with E-state index < -0.39 is 0 Å². The predicted molar refractivity (Wildman–Crippen MR) is 102 cm³/mol. The van der Waals surface area contributed by atoms with Gasteiger partial charge in [-0.1, -0.05) is 30.3 Å². The van der Waals surface area contributed by atoms with Crippen LogP contribution in [0.25, 0.3) is 6.08 Å². The van der Waals surface area contributed by atoms with Gasteiger partial charge in [-0.25, -0.2) is 0 Å².